The molecular weight excluding hydrogens is 466 g/mol. The van der Waals surface area contributed by atoms with Crippen LogP contribution < -0.4 is 9.47 Å². The number of aromatic hydroxyl groups is 1. The van der Waals surface area contributed by atoms with Crippen molar-refractivity contribution in [2.75, 3.05) is 20.8 Å². The molecular formula is C27H24ClN3O4. The van der Waals surface area contributed by atoms with Gasteiger partial charge >= 0.3 is 0 Å². The molecule has 35 heavy (non-hydrogen) atoms. The first-order valence-electron chi connectivity index (χ1n) is 11.1. The molecule has 7 nitrogen and oxygen atoms in total. The van der Waals surface area contributed by atoms with Gasteiger partial charge in [-0.1, -0.05) is 35.9 Å². The van der Waals surface area contributed by atoms with Crippen molar-refractivity contribution in [3.63, 3.8) is 0 Å². The number of nitrogens with zero attached hydrogens (tertiary/aromatic N) is 2. The monoisotopic (exact) mass is 489 g/mol. The Labute approximate surface area is 207 Å². The lowest BCUT2D eigenvalue weighted by molar-refractivity contribution is 0.0746. The van der Waals surface area contributed by atoms with E-state index in [1.807, 2.05) is 53.4 Å². The number of fused-ring (bicyclic) bond motifs is 1. The summed E-state index contributed by atoms with van der Waals surface area (Å²) in [6, 6.07) is 19.9. The minimum atomic E-state index is -0.395. The van der Waals surface area contributed by atoms with E-state index in [9.17, 15) is 9.90 Å². The second kappa shape index (κ2) is 9.35. The van der Waals surface area contributed by atoms with Crippen molar-refractivity contribution >= 4 is 17.5 Å². The third-order valence-electron chi connectivity index (χ3n) is 6.31. The number of phenols is 1. The number of aromatic nitrogens is 2. The number of rotatable bonds is 7. The number of carbonyl (C=O) groups is 1. The van der Waals surface area contributed by atoms with Gasteiger partial charge in [-0.2, -0.15) is 5.10 Å². The van der Waals surface area contributed by atoms with Crippen molar-refractivity contribution in [3.05, 3.63) is 94.1 Å². The Kier molecular flexibility index (Phi) is 6.09. The maximum atomic E-state index is 13.5. The number of aromatic amines is 1. The van der Waals surface area contributed by atoms with Gasteiger partial charge in [-0.15, -0.1) is 0 Å². The van der Waals surface area contributed by atoms with Crippen LogP contribution in [0.15, 0.2) is 66.7 Å². The molecule has 1 aromatic heterocycles. The summed E-state index contributed by atoms with van der Waals surface area (Å²) < 4.78 is 10.6. The average molecular weight is 490 g/mol. The highest BCUT2D eigenvalue weighted by atomic mass is 35.5. The van der Waals surface area contributed by atoms with Crippen LogP contribution in [0, 0.1) is 0 Å². The number of hydrogen-bond donors (Lipinski definition) is 2. The van der Waals surface area contributed by atoms with Crippen molar-refractivity contribution in [2.45, 2.75) is 12.5 Å². The highest BCUT2D eigenvalue weighted by Gasteiger charge is 2.42. The van der Waals surface area contributed by atoms with Crippen molar-refractivity contribution in [1.82, 2.24) is 15.1 Å². The van der Waals surface area contributed by atoms with Gasteiger partial charge in [0.1, 0.15) is 28.6 Å². The summed E-state index contributed by atoms with van der Waals surface area (Å²) in [5.74, 6) is 1.41. The van der Waals surface area contributed by atoms with Crippen LogP contribution in [0.1, 0.15) is 33.2 Å². The maximum absolute atomic E-state index is 13.5. The summed E-state index contributed by atoms with van der Waals surface area (Å²) in [5.41, 5.74) is 4.10. The highest BCUT2D eigenvalue weighted by Crippen LogP contribution is 2.45. The van der Waals surface area contributed by atoms with Crippen molar-refractivity contribution in [2.24, 2.45) is 0 Å². The fourth-order valence-corrected chi connectivity index (χ4v) is 4.68. The summed E-state index contributed by atoms with van der Waals surface area (Å²) in [6.45, 7) is 0.491. The summed E-state index contributed by atoms with van der Waals surface area (Å²) in [4.78, 5) is 15.4. The maximum Gasteiger partial charge on any atom is 0.273 e. The summed E-state index contributed by atoms with van der Waals surface area (Å²) in [5, 5.41) is 18.3. The predicted molar refractivity (Wildman–Crippen MR) is 133 cm³/mol. The Balaban J connectivity index is 1.56. The average Bonchev–Trinajstić information content (AvgIpc) is 3.43. The number of phenolic OH excluding ortho intramolecular Hbond substituents is 1. The van der Waals surface area contributed by atoms with Gasteiger partial charge in [0.15, 0.2) is 0 Å². The molecule has 0 saturated carbocycles. The third kappa shape index (κ3) is 4.19. The number of halogens is 1. The smallest absolute Gasteiger partial charge is 0.273 e. The number of carbonyl (C=O) groups excluding carboxylic acids is 1. The fraction of sp³-hybridized carbons (Fsp3) is 0.185. The molecule has 8 heteroatoms. The number of ether oxygens (including phenoxy) is 2. The number of amides is 1. The standard InChI is InChI=1S/C27H24ClN3O4/c1-34-19-8-3-16(4-9-19)13-14-31-26(17-5-10-20(35-2)11-6-17)23-24(29-30-25(23)27(31)33)21-15-18(28)7-12-22(21)32/h3-12,15,26,32H,13-14H2,1-2H3,(H,29,30). The minimum Gasteiger partial charge on any atom is -0.507 e. The molecule has 2 N–H and O–H groups in total. The van der Waals surface area contributed by atoms with E-state index in [0.717, 1.165) is 22.6 Å². The summed E-state index contributed by atoms with van der Waals surface area (Å²) in [7, 11) is 3.25. The van der Waals surface area contributed by atoms with Gasteiger partial charge in [-0.05, 0) is 60.0 Å². The van der Waals surface area contributed by atoms with E-state index in [4.69, 9.17) is 21.1 Å². The van der Waals surface area contributed by atoms with Gasteiger partial charge in [-0.25, -0.2) is 0 Å². The van der Waals surface area contributed by atoms with Crippen molar-refractivity contribution in [1.29, 1.82) is 0 Å². The molecule has 5 rings (SSSR count). The van der Waals surface area contributed by atoms with Crippen LogP contribution in [0.25, 0.3) is 11.3 Å². The van der Waals surface area contributed by atoms with Crippen LogP contribution >= 0.6 is 11.6 Å². The number of hydrogen-bond acceptors (Lipinski definition) is 5. The zero-order chi connectivity index (χ0) is 24.5. The van der Waals surface area contributed by atoms with Gasteiger partial charge in [0.05, 0.1) is 20.3 Å². The Morgan fingerprint density at radius 1 is 1.00 bits per heavy atom. The van der Waals surface area contributed by atoms with Crippen molar-refractivity contribution < 1.29 is 19.4 Å². The van der Waals surface area contributed by atoms with Gasteiger partial charge < -0.3 is 19.5 Å². The Hall–Kier alpha value is -3.97. The zero-order valence-corrected chi connectivity index (χ0v) is 20.0. The molecule has 0 saturated heterocycles. The lowest BCUT2D eigenvalue weighted by Gasteiger charge is -2.26. The molecule has 0 fully saturated rings. The Morgan fingerprint density at radius 3 is 2.31 bits per heavy atom. The van der Waals surface area contributed by atoms with Crippen molar-refractivity contribution in [3.8, 4) is 28.5 Å². The van der Waals surface area contributed by atoms with E-state index in [2.05, 4.69) is 10.2 Å². The molecule has 3 aromatic carbocycles. The quantitative estimate of drug-likeness (QED) is 0.370. The zero-order valence-electron chi connectivity index (χ0n) is 19.3. The third-order valence-corrected chi connectivity index (χ3v) is 6.54. The molecule has 4 aromatic rings. The minimum absolute atomic E-state index is 0.0429. The first kappa shape index (κ1) is 22.8. The summed E-state index contributed by atoms with van der Waals surface area (Å²) >= 11 is 6.22. The van der Waals surface area contributed by atoms with E-state index < -0.39 is 6.04 Å². The molecule has 1 amide bonds. The number of benzene rings is 3. The van der Waals surface area contributed by atoms with Gasteiger partial charge in [0, 0.05) is 22.7 Å². The number of methoxy groups -OCH3 is 2. The van der Waals surface area contributed by atoms with Crippen LogP contribution in [0.5, 0.6) is 17.2 Å². The van der Waals surface area contributed by atoms with E-state index in [1.165, 1.54) is 6.07 Å². The number of H-pyrrole nitrogens is 1. The summed E-state index contributed by atoms with van der Waals surface area (Å²) in [6.07, 6.45) is 0.665. The Morgan fingerprint density at radius 2 is 1.66 bits per heavy atom. The second-order valence-electron chi connectivity index (χ2n) is 8.29. The van der Waals surface area contributed by atoms with Gasteiger partial charge in [0.2, 0.25) is 0 Å². The fourth-order valence-electron chi connectivity index (χ4n) is 4.51. The van der Waals surface area contributed by atoms with E-state index in [-0.39, 0.29) is 11.7 Å². The Bertz CT molecular complexity index is 1370. The van der Waals surface area contributed by atoms with Crippen LogP contribution in [0.3, 0.4) is 0 Å². The van der Waals surface area contributed by atoms with Crippen LogP contribution in [-0.4, -0.2) is 46.9 Å². The number of nitrogens with one attached hydrogen (secondary N) is 1. The SMILES string of the molecule is COc1ccc(CCN2C(=O)c3[nH]nc(-c4cc(Cl)ccc4O)c3C2c2ccc(OC)cc2)cc1. The molecule has 0 spiro atoms. The highest BCUT2D eigenvalue weighted by molar-refractivity contribution is 6.31. The molecule has 0 bridgehead atoms. The molecule has 1 atom stereocenters. The first-order chi connectivity index (χ1) is 17.0. The van der Waals surface area contributed by atoms with E-state index in [0.29, 0.717) is 40.5 Å². The molecule has 1 aliphatic rings. The molecule has 2 heterocycles. The van der Waals surface area contributed by atoms with Crippen LogP contribution in [0.2, 0.25) is 5.02 Å². The predicted octanol–water partition coefficient (Wildman–Crippen LogP) is 5.24. The molecule has 178 valence electrons. The molecule has 1 aliphatic heterocycles. The van der Waals surface area contributed by atoms with Gasteiger partial charge in [0.25, 0.3) is 5.91 Å². The molecule has 1 unspecified atom stereocenters. The van der Waals surface area contributed by atoms with Crippen LogP contribution in [-0.2, 0) is 6.42 Å². The largest absolute Gasteiger partial charge is 0.507 e. The normalized spacial score (nSPS) is 14.8. The van der Waals surface area contributed by atoms with Gasteiger partial charge in [-0.3, -0.25) is 9.89 Å². The first-order valence-corrected chi connectivity index (χ1v) is 11.5. The molecule has 0 radical (unpaired) electrons. The van der Waals surface area contributed by atoms with E-state index in [1.54, 1.807) is 26.4 Å². The molecule has 0 aliphatic carbocycles. The topological polar surface area (TPSA) is 87.7 Å². The van der Waals surface area contributed by atoms with Crippen LogP contribution in [0.4, 0.5) is 0 Å². The lowest BCUT2D eigenvalue weighted by atomic mass is 9.95. The van der Waals surface area contributed by atoms with E-state index >= 15 is 0 Å². The lowest BCUT2D eigenvalue weighted by Crippen LogP contribution is -2.31. The second-order valence-corrected chi connectivity index (χ2v) is 8.73.